The summed E-state index contributed by atoms with van der Waals surface area (Å²) in [5, 5.41) is 13.6. The van der Waals surface area contributed by atoms with Crippen LogP contribution in [0.1, 0.15) is 154 Å². The smallest absolute Gasteiger partial charge is 0.0783 e. The van der Waals surface area contributed by atoms with Gasteiger partial charge >= 0.3 is 0 Å². The highest BCUT2D eigenvalue weighted by Gasteiger charge is 2.16. The highest BCUT2D eigenvalue weighted by Crippen LogP contribution is 2.18. The maximum Gasteiger partial charge on any atom is 0.0783 e. The lowest BCUT2D eigenvalue weighted by Crippen LogP contribution is -2.44. The van der Waals surface area contributed by atoms with Crippen LogP contribution in [0.3, 0.4) is 0 Å². The van der Waals surface area contributed by atoms with E-state index in [-0.39, 0.29) is 4.65 Å². The predicted octanol–water partition coefficient (Wildman–Crippen LogP) is 7.54. The van der Waals surface area contributed by atoms with E-state index in [1.807, 2.05) is 0 Å². The van der Waals surface area contributed by atoms with Crippen molar-refractivity contribution < 1.29 is 4.65 Å². The number of quaternary nitrogens is 1. The Morgan fingerprint density at radius 2 is 0.457 bits per heavy atom. The largest absolute Gasteiger partial charge is 0.633 e. The molecule has 5 nitrogen and oxygen atoms in total. The van der Waals surface area contributed by atoms with Crippen LogP contribution in [-0.4, -0.2) is 43.9 Å². The SMILES string of the molecule is NCCCCCCCCCC[N+]([O-])(CCCCCCCCCCN)CCCCCCCCCCN. The van der Waals surface area contributed by atoms with Crippen LogP contribution in [0.4, 0.5) is 0 Å². The van der Waals surface area contributed by atoms with E-state index >= 15 is 0 Å². The fourth-order valence-corrected chi connectivity index (χ4v) is 5.15. The van der Waals surface area contributed by atoms with Gasteiger partial charge in [0.1, 0.15) is 0 Å². The molecule has 0 aliphatic heterocycles. The highest BCUT2D eigenvalue weighted by atomic mass is 16.5. The van der Waals surface area contributed by atoms with Crippen molar-refractivity contribution in [3.05, 3.63) is 5.21 Å². The first-order chi connectivity index (χ1) is 17.2. The molecule has 5 heteroatoms. The van der Waals surface area contributed by atoms with Gasteiger partial charge in [-0.25, -0.2) is 0 Å². The molecule has 35 heavy (non-hydrogen) atoms. The topological polar surface area (TPSA) is 101 Å². The fraction of sp³-hybridized carbons (Fsp3) is 1.00. The molecule has 0 radical (unpaired) electrons. The summed E-state index contributed by atoms with van der Waals surface area (Å²) in [5.41, 5.74) is 16.7. The third kappa shape index (κ3) is 26.7. The average molecular weight is 499 g/mol. The zero-order chi connectivity index (χ0) is 25.7. The summed E-state index contributed by atoms with van der Waals surface area (Å²) in [5.74, 6) is 0. The van der Waals surface area contributed by atoms with Crippen molar-refractivity contribution in [2.75, 3.05) is 39.3 Å². The van der Waals surface area contributed by atoms with E-state index in [2.05, 4.69) is 0 Å². The van der Waals surface area contributed by atoms with Gasteiger partial charge in [0.2, 0.25) is 0 Å². The van der Waals surface area contributed by atoms with Crippen molar-refractivity contribution in [2.24, 2.45) is 17.2 Å². The second-order valence-corrected chi connectivity index (χ2v) is 11.1. The molecule has 0 heterocycles. The van der Waals surface area contributed by atoms with Gasteiger partial charge in [-0.3, -0.25) is 0 Å². The van der Waals surface area contributed by atoms with Gasteiger partial charge in [-0.05, 0) is 77.4 Å². The number of rotatable bonds is 30. The summed E-state index contributed by atoms with van der Waals surface area (Å²) >= 11 is 0. The van der Waals surface area contributed by atoms with Gasteiger partial charge in [0.15, 0.2) is 0 Å². The van der Waals surface area contributed by atoms with Crippen LogP contribution in [0.2, 0.25) is 0 Å². The van der Waals surface area contributed by atoms with Crippen LogP contribution < -0.4 is 17.2 Å². The Hall–Kier alpha value is -0.200. The summed E-state index contributed by atoms with van der Waals surface area (Å²) in [4.78, 5) is 0. The molecule has 6 N–H and O–H groups in total. The van der Waals surface area contributed by atoms with Crippen molar-refractivity contribution >= 4 is 0 Å². The van der Waals surface area contributed by atoms with E-state index in [0.717, 1.165) is 58.5 Å². The maximum atomic E-state index is 13.6. The van der Waals surface area contributed by atoms with Gasteiger partial charge in [-0.1, -0.05) is 96.3 Å². The number of hydrogen-bond acceptors (Lipinski definition) is 4. The van der Waals surface area contributed by atoms with Gasteiger partial charge in [0.25, 0.3) is 0 Å². The maximum absolute atomic E-state index is 13.6. The Kier molecular flexibility index (Phi) is 28.2. The summed E-state index contributed by atoms with van der Waals surface area (Å²) in [6.45, 7) is 5.00. The fourth-order valence-electron chi connectivity index (χ4n) is 5.15. The molecule has 0 bridgehead atoms. The summed E-state index contributed by atoms with van der Waals surface area (Å²) in [7, 11) is 0. The molecule has 0 aromatic rings. The molecule has 0 aliphatic rings. The molecule has 0 unspecified atom stereocenters. The zero-order valence-electron chi connectivity index (χ0n) is 23.8. The minimum atomic E-state index is 0.0729. The summed E-state index contributed by atoms with van der Waals surface area (Å²) in [6, 6.07) is 0. The molecular formula is C30H66N4O. The van der Waals surface area contributed by atoms with Gasteiger partial charge in [0.05, 0.1) is 19.6 Å². The second-order valence-electron chi connectivity index (χ2n) is 11.1. The van der Waals surface area contributed by atoms with E-state index in [0.29, 0.717) is 0 Å². The average Bonchev–Trinajstić information content (AvgIpc) is 2.86. The standard InChI is InChI=1S/C30H66N4O/c31-25-19-13-7-1-4-10-16-22-28-34(35,29-23-17-11-5-2-8-14-20-26-32)30-24-18-12-6-3-9-15-21-27-33/h1-33H2. The lowest BCUT2D eigenvalue weighted by molar-refractivity contribution is -0.881. The number of nitrogens with zero attached hydrogens (tertiary/aromatic N) is 1. The van der Waals surface area contributed by atoms with Crippen LogP contribution in [0.15, 0.2) is 0 Å². The molecule has 212 valence electrons. The summed E-state index contributed by atoms with van der Waals surface area (Å²) in [6.07, 6.45) is 30.1. The Balaban J connectivity index is 4.05. The monoisotopic (exact) mass is 499 g/mol. The van der Waals surface area contributed by atoms with Crippen molar-refractivity contribution in [1.82, 2.24) is 0 Å². The normalized spacial score (nSPS) is 12.0. The minimum Gasteiger partial charge on any atom is -0.633 e. The van der Waals surface area contributed by atoms with Crippen LogP contribution in [0.25, 0.3) is 0 Å². The highest BCUT2D eigenvalue weighted by molar-refractivity contribution is 4.54. The Bertz CT molecular complexity index is 339. The van der Waals surface area contributed by atoms with Gasteiger partial charge in [-0.2, -0.15) is 0 Å². The number of hydroxylamine groups is 3. The van der Waals surface area contributed by atoms with E-state index < -0.39 is 0 Å². The lowest BCUT2D eigenvalue weighted by Gasteiger charge is -2.43. The first-order valence-electron chi connectivity index (χ1n) is 15.9. The van der Waals surface area contributed by atoms with Gasteiger partial charge in [0, 0.05) is 0 Å². The van der Waals surface area contributed by atoms with Crippen LogP contribution in [0.5, 0.6) is 0 Å². The van der Waals surface area contributed by atoms with Gasteiger partial charge < -0.3 is 27.1 Å². The van der Waals surface area contributed by atoms with Crippen molar-refractivity contribution in [3.63, 3.8) is 0 Å². The molecule has 0 fully saturated rings. The first kappa shape index (κ1) is 34.8. The lowest BCUT2D eigenvalue weighted by atomic mass is 10.1. The number of hydrogen-bond donors (Lipinski definition) is 3. The molecule has 0 spiro atoms. The zero-order valence-corrected chi connectivity index (χ0v) is 23.8. The van der Waals surface area contributed by atoms with Crippen molar-refractivity contribution in [3.8, 4) is 0 Å². The second kappa shape index (κ2) is 28.4. The van der Waals surface area contributed by atoms with Crippen LogP contribution in [0, 0.1) is 5.21 Å². The third-order valence-corrected chi connectivity index (χ3v) is 7.56. The molecule has 0 saturated heterocycles. The molecule has 0 aromatic carbocycles. The number of nitrogens with two attached hydrogens (primary N) is 3. The third-order valence-electron chi connectivity index (χ3n) is 7.56. The molecular weight excluding hydrogens is 432 g/mol. The van der Waals surface area contributed by atoms with E-state index in [4.69, 9.17) is 17.2 Å². The van der Waals surface area contributed by atoms with Gasteiger partial charge in [-0.15, -0.1) is 0 Å². The molecule has 0 atom stereocenters. The predicted molar refractivity (Wildman–Crippen MR) is 156 cm³/mol. The van der Waals surface area contributed by atoms with E-state index in [9.17, 15) is 5.21 Å². The Morgan fingerprint density at radius 1 is 0.286 bits per heavy atom. The van der Waals surface area contributed by atoms with E-state index in [1.54, 1.807) is 0 Å². The Labute approximate surface area is 220 Å². The van der Waals surface area contributed by atoms with Crippen molar-refractivity contribution in [2.45, 2.75) is 154 Å². The minimum absolute atomic E-state index is 0.0729. The Morgan fingerprint density at radius 3 is 0.657 bits per heavy atom. The molecule has 0 saturated carbocycles. The molecule has 0 amide bonds. The quantitative estimate of drug-likeness (QED) is 0.0540. The molecule has 0 aliphatic carbocycles. The van der Waals surface area contributed by atoms with E-state index in [1.165, 1.54) is 135 Å². The number of unbranched alkanes of at least 4 members (excludes halogenated alkanes) is 21. The first-order valence-corrected chi connectivity index (χ1v) is 15.9. The summed E-state index contributed by atoms with van der Waals surface area (Å²) < 4.78 is 0.0729. The molecule has 0 aromatic heterocycles. The van der Waals surface area contributed by atoms with Crippen LogP contribution >= 0.6 is 0 Å². The molecule has 0 rings (SSSR count). The van der Waals surface area contributed by atoms with Crippen LogP contribution in [-0.2, 0) is 0 Å². The van der Waals surface area contributed by atoms with Crippen molar-refractivity contribution in [1.29, 1.82) is 0 Å².